The maximum absolute atomic E-state index is 13.0. The molecule has 0 spiro atoms. The van der Waals surface area contributed by atoms with Crippen molar-refractivity contribution in [1.82, 2.24) is 14.8 Å². The third-order valence-electron chi connectivity index (χ3n) is 6.85. The van der Waals surface area contributed by atoms with E-state index in [1.165, 1.54) is 4.90 Å². The van der Waals surface area contributed by atoms with Crippen LogP contribution in [0.3, 0.4) is 0 Å². The van der Waals surface area contributed by atoms with Gasteiger partial charge in [-0.05, 0) is 37.5 Å². The van der Waals surface area contributed by atoms with Gasteiger partial charge >= 0.3 is 12.1 Å². The van der Waals surface area contributed by atoms with Crippen LogP contribution < -0.4 is 0 Å². The number of hydrogen-bond donors (Lipinski definition) is 0. The van der Waals surface area contributed by atoms with Crippen molar-refractivity contribution in [3.05, 3.63) is 77.7 Å². The zero-order chi connectivity index (χ0) is 25.8. The standard InChI is InChI=1S/C28H29N3O6/c1-19-23(29-26(37-19)21-10-6-3-7-11-21)16-25(32)30-14-12-22(13-15-30)31-24(18-36-28(31)34)27(33)35-17-20-8-4-2-5-9-20/h2-11,22,24H,12-18H2,1H3. The Bertz CT molecular complexity index is 1250. The molecule has 2 fully saturated rings. The van der Waals surface area contributed by atoms with Crippen LogP contribution in [0.25, 0.3) is 11.5 Å². The van der Waals surface area contributed by atoms with Crippen molar-refractivity contribution >= 4 is 18.0 Å². The van der Waals surface area contributed by atoms with Crippen molar-refractivity contribution in [2.45, 2.75) is 44.9 Å². The minimum Gasteiger partial charge on any atom is -0.459 e. The third kappa shape index (κ3) is 5.50. The Labute approximate surface area is 215 Å². The lowest BCUT2D eigenvalue weighted by Gasteiger charge is -2.37. The van der Waals surface area contributed by atoms with Gasteiger partial charge in [0.2, 0.25) is 11.8 Å². The van der Waals surface area contributed by atoms with Crippen LogP contribution in [-0.4, -0.2) is 64.5 Å². The molecule has 0 radical (unpaired) electrons. The van der Waals surface area contributed by atoms with Crippen molar-refractivity contribution < 1.29 is 28.3 Å². The fourth-order valence-electron chi connectivity index (χ4n) is 4.79. The second-order valence-corrected chi connectivity index (χ2v) is 9.27. The smallest absolute Gasteiger partial charge is 0.410 e. The fraction of sp³-hybridized carbons (Fsp3) is 0.357. The molecule has 9 nitrogen and oxygen atoms in total. The summed E-state index contributed by atoms with van der Waals surface area (Å²) in [7, 11) is 0. The summed E-state index contributed by atoms with van der Waals surface area (Å²) in [4.78, 5) is 46.0. The number of hydrogen-bond acceptors (Lipinski definition) is 7. The molecular weight excluding hydrogens is 474 g/mol. The Hall–Kier alpha value is -4.14. The first-order valence-electron chi connectivity index (χ1n) is 12.4. The number of carbonyl (C=O) groups is 3. The molecule has 2 amide bonds. The number of esters is 1. The molecule has 1 aromatic heterocycles. The summed E-state index contributed by atoms with van der Waals surface area (Å²) in [5, 5.41) is 0. The average molecular weight is 504 g/mol. The maximum atomic E-state index is 13.0. The number of cyclic esters (lactones) is 1. The molecule has 3 heterocycles. The van der Waals surface area contributed by atoms with Gasteiger partial charge < -0.3 is 18.8 Å². The molecule has 37 heavy (non-hydrogen) atoms. The first kappa shape index (κ1) is 24.5. The molecule has 2 aliphatic heterocycles. The van der Waals surface area contributed by atoms with E-state index >= 15 is 0 Å². The molecule has 0 aliphatic carbocycles. The SMILES string of the molecule is Cc1oc(-c2ccccc2)nc1CC(=O)N1CCC(N2C(=O)OCC2C(=O)OCc2ccccc2)CC1. The molecule has 0 saturated carbocycles. The normalized spacial score (nSPS) is 18.1. The van der Waals surface area contributed by atoms with Crippen LogP contribution in [0.15, 0.2) is 65.1 Å². The molecule has 2 aliphatic rings. The third-order valence-corrected chi connectivity index (χ3v) is 6.85. The fourth-order valence-corrected chi connectivity index (χ4v) is 4.79. The maximum Gasteiger partial charge on any atom is 0.410 e. The van der Waals surface area contributed by atoms with E-state index in [1.54, 1.807) is 4.90 Å². The van der Waals surface area contributed by atoms with Gasteiger partial charge in [-0.2, -0.15) is 0 Å². The Balaban J connectivity index is 1.16. The van der Waals surface area contributed by atoms with Crippen molar-refractivity contribution in [2.24, 2.45) is 0 Å². The number of benzene rings is 2. The van der Waals surface area contributed by atoms with E-state index in [4.69, 9.17) is 13.9 Å². The predicted octanol–water partition coefficient (Wildman–Crippen LogP) is 3.75. The van der Waals surface area contributed by atoms with Crippen molar-refractivity contribution in [3.8, 4) is 11.5 Å². The summed E-state index contributed by atoms with van der Waals surface area (Å²) in [6.07, 6.45) is 0.734. The van der Waals surface area contributed by atoms with Gasteiger partial charge in [0.05, 0.1) is 12.1 Å². The van der Waals surface area contributed by atoms with Crippen molar-refractivity contribution in [1.29, 1.82) is 0 Å². The van der Waals surface area contributed by atoms with Crippen molar-refractivity contribution in [3.63, 3.8) is 0 Å². The van der Waals surface area contributed by atoms with Crippen molar-refractivity contribution in [2.75, 3.05) is 19.7 Å². The summed E-state index contributed by atoms with van der Waals surface area (Å²) in [6.45, 7) is 2.87. The van der Waals surface area contributed by atoms with Gasteiger partial charge in [-0.25, -0.2) is 14.6 Å². The summed E-state index contributed by atoms with van der Waals surface area (Å²) in [5.41, 5.74) is 2.35. The molecule has 2 aromatic carbocycles. The quantitative estimate of drug-likeness (QED) is 0.453. The largest absolute Gasteiger partial charge is 0.459 e. The Morgan fingerprint density at radius 3 is 2.41 bits per heavy atom. The Morgan fingerprint density at radius 2 is 1.70 bits per heavy atom. The lowest BCUT2D eigenvalue weighted by molar-refractivity contribution is -0.150. The summed E-state index contributed by atoms with van der Waals surface area (Å²) in [6, 6.07) is 18.0. The highest BCUT2D eigenvalue weighted by molar-refractivity contribution is 5.84. The summed E-state index contributed by atoms with van der Waals surface area (Å²) in [5.74, 6) is 0.595. The van der Waals surface area contributed by atoms with Crippen LogP contribution in [0.2, 0.25) is 0 Å². The monoisotopic (exact) mass is 503 g/mol. The van der Waals surface area contributed by atoms with Crippen LogP contribution in [-0.2, 0) is 32.1 Å². The second kappa shape index (κ2) is 10.9. The van der Waals surface area contributed by atoms with Gasteiger partial charge in [-0.3, -0.25) is 9.69 Å². The molecular formula is C28H29N3O6. The van der Waals surface area contributed by atoms with Crippen LogP contribution >= 0.6 is 0 Å². The number of likely N-dealkylation sites (tertiary alicyclic amines) is 1. The number of nitrogens with zero attached hydrogens (tertiary/aromatic N) is 3. The summed E-state index contributed by atoms with van der Waals surface area (Å²) < 4.78 is 16.4. The van der Waals surface area contributed by atoms with E-state index in [-0.39, 0.29) is 31.6 Å². The average Bonchev–Trinajstić information content (AvgIpc) is 3.50. The highest BCUT2D eigenvalue weighted by atomic mass is 16.6. The number of rotatable bonds is 7. The molecule has 0 N–H and O–H groups in total. The Morgan fingerprint density at radius 1 is 1.03 bits per heavy atom. The zero-order valence-corrected chi connectivity index (χ0v) is 20.7. The minimum atomic E-state index is -0.780. The van der Waals surface area contributed by atoms with Gasteiger partial charge in [-0.15, -0.1) is 0 Å². The molecule has 0 bridgehead atoms. The first-order chi connectivity index (χ1) is 18.0. The number of piperidine rings is 1. The minimum absolute atomic E-state index is 0.0270. The summed E-state index contributed by atoms with van der Waals surface area (Å²) >= 11 is 0. The van der Waals surface area contributed by atoms with E-state index in [9.17, 15) is 14.4 Å². The number of ether oxygens (including phenoxy) is 2. The van der Waals surface area contributed by atoms with E-state index in [0.29, 0.717) is 43.3 Å². The van der Waals surface area contributed by atoms with Crippen LogP contribution in [0.5, 0.6) is 0 Å². The molecule has 192 valence electrons. The number of amides is 2. The molecule has 9 heteroatoms. The number of carbonyl (C=O) groups excluding carboxylic acids is 3. The second-order valence-electron chi connectivity index (χ2n) is 9.27. The van der Waals surface area contributed by atoms with Gasteiger partial charge in [0, 0.05) is 24.7 Å². The predicted molar refractivity (Wildman–Crippen MR) is 133 cm³/mol. The van der Waals surface area contributed by atoms with Gasteiger partial charge in [-0.1, -0.05) is 48.5 Å². The number of aryl methyl sites for hydroxylation is 1. The topological polar surface area (TPSA) is 102 Å². The van der Waals surface area contributed by atoms with E-state index in [2.05, 4.69) is 4.98 Å². The first-order valence-corrected chi connectivity index (χ1v) is 12.4. The van der Waals surface area contributed by atoms with E-state index < -0.39 is 18.1 Å². The lowest BCUT2D eigenvalue weighted by atomic mass is 10.0. The molecule has 3 aromatic rings. The highest BCUT2D eigenvalue weighted by Crippen LogP contribution is 2.26. The molecule has 1 unspecified atom stereocenters. The number of oxazole rings is 1. The number of aromatic nitrogens is 1. The van der Waals surface area contributed by atoms with E-state index in [0.717, 1.165) is 11.1 Å². The lowest BCUT2D eigenvalue weighted by Crippen LogP contribution is -2.52. The van der Waals surface area contributed by atoms with Crippen LogP contribution in [0.1, 0.15) is 29.9 Å². The van der Waals surface area contributed by atoms with Crippen LogP contribution in [0, 0.1) is 6.92 Å². The van der Waals surface area contributed by atoms with Gasteiger partial charge in [0.1, 0.15) is 19.0 Å². The van der Waals surface area contributed by atoms with Gasteiger partial charge in [0.25, 0.3) is 0 Å². The zero-order valence-electron chi connectivity index (χ0n) is 20.7. The van der Waals surface area contributed by atoms with Crippen LogP contribution in [0.4, 0.5) is 4.79 Å². The molecule has 5 rings (SSSR count). The Kier molecular flexibility index (Phi) is 7.20. The molecule has 2 saturated heterocycles. The molecule has 1 atom stereocenters. The van der Waals surface area contributed by atoms with E-state index in [1.807, 2.05) is 67.6 Å². The van der Waals surface area contributed by atoms with Gasteiger partial charge in [0.15, 0.2) is 6.04 Å². The highest BCUT2D eigenvalue weighted by Gasteiger charge is 2.44.